The summed E-state index contributed by atoms with van der Waals surface area (Å²) in [6.07, 6.45) is 0. The van der Waals surface area contributed by atoms with Gasteiger partial charge in [0.1, 0.15) is 5.65 Å². The molecule has 6 rings (SSSR count). The van der Waals surface area contributed by atoms with Crippen LogP contribution in [0.4, 0.5) is 0 Å². The van der Waals surface area contributed by atoms with Gasteiger partial charge in [-0.1, -0.05) is 97.1 Å². The van der Waals surface area contributed by atoms with Crippen molar-refractivity contribution in [2.24, 2.45) is 0 Å². The highest BCUT2D eigenvalue weighted by Gasteiger charge is 2.19. The van der Waals surface area contributed by atoms with Gasteiger partial charge in [0.25, 0.3) is 0 Å². The Morgan fingerprint density at radius 2 is 1.23 bits per heavy atom. The molecular formula is C28H20N2. The summed E-state index contributed by atoms with van der Waals surface area (Å²) >= 11 is 0. The quantitative estimate of drug-likeness (QED) is 0.319. The van der Waals surface area contributed by atoms with E-state index in [-0.39, 0.29) is 0 Å². The van der Waals surface area contributed by atoms with Crippen molar-refractivity contribution in [1.29, 1.82) is 0 Å². The Morgan fingerprint density at radius 3 is 2.03 bits per heavy atom. The second kappa shape index (κ2) is 6.85. The number of pyridine rings is 1. The van der Waals surface area contributed by atoms with Gasteiger partial charge in [-0.3, -0.25) is 0 Å². The Hall–Kier alpha value is -3.91. The lowest BCUT2D eigenvalue weighted by Crippen LogP contribution is -2.01. The first-order valence-electron chi connectivity index (χ1n) is 10.3. The minimum atomic E-state index is 0.796. The second-order valence-electron chi connectivity index (χ2n) is 7.66. The van der Waals surface area contributed by atoms with E-state index < -0.39 is 0 Å². The smallest absolute Gasteiger partial charge is 0.142 e. The van der Waals surface area contributed by atoms with Crippen LogP contribution in [0, 0.1) is 0 Å². The minimum Gasteiger partial charge on any atom is -0.321 e. The SMILES string of the molecule is c1ccc(Cn2c3ccccc3c3c(-c4ccccc4)c4ccccc4nc32)cc1. The van der Waals surface area contributed by atoms with E-state index in [2.05, 4.69) is 114 Å². The summed E-state index contributed by atoms with van der Waals surface area (Å²) in [5, 5.41) is 3.67. The molecule has 2 heteroatoms. The molecule has 0 aliphatic carbocycles. The maximum atomic E-state index is 5.16. The van der Waals surface area contributed by atoms with Gasteiger partial charge in [0.15, 0.2) is 0 Å². The van der Waals surface area contributed by atoms with E-state index >= 15 is 0 Å². The molecule has 30 heavy (non-hydrogen) atoms. The lowest BCUT2D eigenvalue weighted by Gasteiger charge is -2.11. The summed E-state index contributed by atoms with van der Waals surface area (Å²) in [5.74, 6) is 0. The van der Waals surface area contributed by atoms with Crippen LogP contribution in [0.2, 0.25) is 0 Å². The van der Waals surface area contributed by atoms with Gasteiger partial charge in [-0.2, -0.15) is 0 Å². The first kappa shape index (κ1) is 17.0. The summed E-state index contributed by atoms with van der Waals surface area (Å²) in [6, 6.07) is 38.5. The van der Waals surface area contributed by atoms with Crippen LogP contribution in [0.1, 0.15) is 5.56 Å². The van der Waals surface area contributed by atoms with Crippen molar-refractivity contribution in [3.63, 3.8) is 0 Å². The largest absolute Gasteiger partial charge is 0.321 e. The third-order valence-corrected chi connectivity index (χ3v) is 5.84. The molecule has 0 saturated heterocycles. The Labute approximate surface area is 175 Å². The van der Waals surface area contributed by atoms with Crippen molar-refractivity contribution in [1.82, 2.24) is 9.55 Å². The predicted octanol–water partition coefficient (Wildman–Crippen LogP) is 7.06. The van der Waals surface area contributed by atoms with Gasteiger partial charge in [0.2, 0.25) is 0 Å². The fourth-order valence-electron chi connectivity index (χ4n) is 4.51. The monoisotopic (exact) mass is 384 g/mol. The van der Waals surface area contributed by atoms with Crippen molar-refractivity contribution in [3.8, 4) is 11.1 Å². The summed E-state index contributed by atoms with van der Waals surface area (Å²) < 4.78 is 2.36. The highest BCUT2D eigenvalue weighted by molar-refractivity contribution is 6.20. The van der Waals surface area contributed by atoms with Crippen molar-refractivity contribution in [2.75, 3.05) is 0 Å². The van der Waals surface area contributed by atoms with E-state index in [0.717, 1.165) is 17.7 Å². The topological polar surface area (TPSA) is 17.8 Å². The van der Waals surface area contributed by atoms with Gasteiger partial charge < -0.3 is 4.57 Å². The van der Waals surface area contributed by atoms with Crippen LogP contribution < -0.4 is 0 Å². The molecule has 6 aromatic rings. The molecule has 0 bridgehead atoms. The molecule has 4 aromatic carbocycles. The molecule has 0 fully saturated rings. The van der Waals surface area contributed by atoms with Crippen molar-refractivity contribution < 1.29 is 0 Å². The summed E-state index contributed by atoms with van der Waals surface area (Å²) in [7, 11) is 0. The van der Waals surface area contributed by atoms with Gasteiger partial charge in [0.05, 0.1) is 11.0 Å². The van der Waals surface area contributed by atoms with E-state index in [9.17, 15) is 0 Å². The van der Waals surface area contributed by atoms with Crippen LogP contribution in [0.25, 0.3) is 44.0 Å². The third-order valence-electron chi connectivity index (χ3n) is 5.84. The van der Waals surface area contributed by atoms with Crippen molar-refractivity contribution in [2.45, 2.75) is 6.54 Å². The average Bonchev–Trinajstić information content (AvgIpc) is 3.12. The number of fused-ring (bicyclic) bond motifs is 4. The molecule has 0 N–H and O–H groups in total. The molecule has 2 aromatic heterocycles. The number of hydrogen-bond acceptors (Lipinski definition) is 1. The van der Waals surface area contributed by atoms with E-state index in [1.807, 2.05) is 0 Å². The zero-order valence-corrected chi connectivity index (χ0v) is 16.5. The van der Waals surface area contributed by atoms with Crippen molar-refractivity contribution in [3.05, 3.63) is 115 Å². The maximum Gasteiger partial charge on any atom is 0.142 e. The molecule has 2 heterocycles. The molecule has 0 unspecified atom stereocenters. The van der Waals surface area contributed by atoms with E-state index in [4.69, 9.17) is 4.98 Å². The van der Waals surface area contributed by atoms with E-state index in [1.165, 1.54) is 38.4 Å². The molecule has 0 atom stereocenters. The van der Waals surface area contributed by atoms with Crippen LogP contribution in [0.5, 0.6) is 0 Å². The van der Waals surface area contributed by atoms with E-state index in [1.54, 1.807) is 0 Å². The average molecular weight is 384 g/mol. The predicted molar refractivity (Wildman–Crippen MR) is 126 cm³/mol. The maximum absolute atomic E-state index is 5.16. The van der Waals surface area contributed by atoms with Gasteiger partial charge in [-0.25, -0.2) is 4.98 Å². The fourth-order valence-corrected chi connectivity index (χ4v) is 4.51. The van der Waals surface area contributed by atoms with Crippen LogP contribution in [-0.4, -0.2) is 9.55 Å². The zero-order chi connectivity index (χ0) is 19.9. The van der Waals surface area contributed by atoms with E-state index in [0.29, 0.717) is 0 Å². The number of hydrogen-bond donors (Lipinski definition) is 0. The fraction of sp³-hybridized carbons (Fsp3) is 0.0357. The van der Waals surface area contributed by atoms with Crippen molar-refractivity contribution >= 4 is 32.8 Å². The second-order valence-corrected chi connectivity index (χ2v) is 7.66. The van der Waals surface area contributed by atoms with Gasteiger partial charge in [-0.15, -0.1) is 0 Å². The van der Waals surface area contributed by atoms with Gasteiger partial charge >= 0.3 is 0 Å². The zero-order valence-electron chi connectivity index (χ0n) is 16.5. The highest BCUT2D eigenvalue weighted by atomic mass is 15.0. The minimum absolute atomic E-state index is 0.796. The lowest BCUT2D eigenvalue weighted by atomic mass is 9.96. The van der Waals surface area contributed by atoms with Gasteiger partial charge in [-0.05, 0) is 23.3 Å². The number of nitrogens with zero attached hydrogens (tertiary/aromatic N) is 2. The standard InChI is InChI=1S/C28H20N2/c1-3-11-20(12-4-1)19-30-25-18-10-8-16-23(25)27-26(21-13-5-2-6-14-21)22-15-7-9-17-24(22)29-28(27)30/h1-18H,19H2. The Morgan fingerprint density at radius 1 is 0.600 bits per heavy atom. The first-order chi connectivity index (χ1) is 14.9. The van der Waals surface area contributed by atoms with Crippen LogP contribution >= 0.6 is 0 Å². The molecule has 0 radical (unpaired) electrons. The molecule has 0 spiro atoms. The van der Waals surface area contributed by atoms with Crippen LogP contribution in [0.15, 0.2) is 109 Å². The Kier molecular flexibility index (Phi) is 3.88. The van der Waals surface area contributed by atoms with Crippen LogP contribution in [-0.2, 0) is 6.54 Å². The third kappa shape index (κ3) is 2.61. The lowest BCUT2D eigenvalue weighted by molar-refractivity contribution is 0.858. The molecule has 0 saturated carbocycles. The Balaban J connectivity index is 1.79. The molecular weight excluding hydrogens is 364 g/mol. The molecule has 2 nitrogen and oxygen atoms in total. The summed E-state index contributed by atoms with van der Waals surface area (Å²) in [6.45, 7) is 0.796. The summed E-state index contributed by atoms with van der Waals surface area (Å²) in [4.78, 5) is 5.16. The molecule has 0 amide bonds. The summed E-state index contributed by atoms with van der Waals surface area (Å²) in [5.41, 5.74) is 7.05. The molecule has 0 aliphatic heterocycles. The normalized spacial score (nSPS) is 11.5. The van der Waals surface area contributed by atoms with Gasteiger partial charge in [0, 0.05) is 28.3 Å². The number of benzene rings is 4. The number of rotatable bonds is 3. The van der Waals surface area contributed by atoms with Crippen LogP contribution in [0.3, 0.4) is 0 Å². The number of para-hydroxylation sites is 2. The first-order valence-corrected chi connectivity index (χ1v) is 10.3. The highest BCUT2D eigenvalue weighted by Crippen LogP contribution is 2.40. The molecule has 0 aliphatic rings. The number of aromatic nitrogens is 2. The Bertz CT molecular complexity index is 1500. The molecule has 142 valence electrons.